The van der Waals surface area contributed by atoms with Crippen LogP contribution < -0.4 is 24.4 Å². The predicted octanol–water partition coefficient (Wildman–Crippen LogP) is 6.38. The lowest BCUT2D eigenvalue weighted by atomic mass is 9.98. The number of hydrogen-bond acceptors (Lipinski definition) is 5. The maximum atomic E-state index is 14.2. The van der Waals surface area contributed by atoms with Crippen molar-refractivity contribution in [3.8, 4) is 28.4 Å². The summed E-state index contributed by atoms with van der Waals surface area (Å²) < 4.78 is 18.6. The summed E-state index contributed by atoms with van der Waals surface area (Å²) in [5.74, 6) is 1.82. The van der Waals surface area contributed by atoms with E-state index in [9.17, 15) is 9.59 Å². The zero-order valence-corrected chi connectivity index (χ0v) is 25.2. The van der Waals surface area contributed by atoms with Crippen LogP contribution in [0.15, 0.2) is 97.1 Å². The second-order valence-corrected chi connectivity index (χ2v) is 11.2. The standard InChI is InChI=1S/C37H33N3O5/c1-24-7-3-5-9-29(24)30-14-12-26(20-34(30)43-2)37(42)40-22-28-13-15-32(39(28)21-27-8-4-6-10-31(27)40)36(41)38-18-17-25-11-16-33-35(19-25)45-23-44-33/h3-16,19-20H,17-18,21-23H2,1-2H3,(H,38,41). The molecule has 3 heterocycles. The summed E-state index contributed by atoms with van der Waals surface area (Å²) in [6.07, 6.45) is 0.660. The molecular formula is C37H33N3O5. The zero-order chi connectivity index (χ0) is 30.9. The Morgan fingerprint density at radius 1 is 0.844 bits per heavy atom. The van der Waals surface area contributed by atoms with Crippen LogP contribution in [0.4, 0.5) is 5.69 Å². The molecule has 0 atom stereocenters. The summed E-state index contributed by atoms with van der Waals surface area (Å²) in [6, 6.07) is 31.2. The number of hydrogen-bond donors (Lipinski definition) is 1. The smallest absolute Gasteiger partial charge is 0.267 e. The van der Waals surface area contributed by atoms with Crippen LogP contribution in [0, 0.1) is 6.92 Å². The molecule has 0 spiro atoms. The molecule has 45 heavy (non-hydrogen) atoms. The van der Waals surface area contributed by atoms with Gasteiger partial charge in [-0.05, 0) is 84.1 Å². The summed E-state index contributed by atoms with van der Waals surface area (Å²) in [5.41, 5.74) is 7.93. The van der Waals surface area contributed by atoms with Gasteiger partial charge < -0.3 is 29.0 Å². The quantitative estimate of drug-likeness (QED) is 0.235. The highest BCUT2D eigenvalue weighted by atomic mass is 16.7. The van der Waals surface area contributed by atoms with Crippen molar-refractivity contribution in [3.63, 3.8) is 0 Å². The fourth-order valence-corrected chi connectivity index (χ4v) is 6.12. The van der Waals surface area contributed by atoms with Gasteiger partial charge in [-0.3, -0.25) is 9.59 Å². The number of anilines is 1. The summed E-state index contributed by atoms with van der Waals surface area (Å²) >= 11 is 0. The minimum atomic E-state index is -0.157. The van der Waals surface area contributed by atoms with Gasteiger partial charge in [-0.1, -0.05) is 48.5 Å². The van der Waals surface area contributed by atoms with E-state index >= 15 is 0 Å². The molecule has 8 nitrogen and oxygen atoms in total. The van der Waals surface area contributed by atoms with E-state index in [1.165, 1.54) is 0 Å². The average Bonchev–Trinajstić information content (AvgIpc) is 3.66. The normalized spacial score (nSPS) is 13.1. The van der Waals surface area contributed by atoms with Crippen LogP contribution in [0.2, 0.25) is 0 Å². The molecule has 5 aromatic rings. The number of aryl methyl sites for hydroxylation is 1. The van der Waals surface area contributed by atoms with Gasteiger partial charge in [0.25, 0.3) is 11.8 Å². The Labute approximate surface area is 261 Å². The number of nitrogens with one attached hydrogen (secondary N) is 1. The molecule has 0 saturated carbocycles. The zero-order valence-electron chi connectivity index (χ0n) is 25.2. The van der Waals surface area contributed by atoms with Gasteiger partial charge in [0.15, 0.2) is 11.5 Å². The van der Waals surface area contributed by atoms with Crippen molar-refractivity contribution in [2.24, 2.45) is 0 Å². The van der Waals surface area contributed by atoms with Crippen LogP contribution in [-0.4, -0.2) is 36.8 Å². The molecular weight excluding hydrogens is 566 g/mol. The summed E-state index contributed by atoms with van der Waals surface area (Å²) in [6.45, 7) is 3.56. The minimum Gasteiger partial charge on any atom is -0.496 e. The first-order valence-corrected chi connectivity index (χ1v) is 15.0. The molecule has 0 bridgehead atoms. The molecule has 0 fully saturated rings. The molecule has 0 aliphatic carbocycles. The Morgan fingerprint density at radius 2 is 1.67 bits per heavy atom. The Balaban J connectivity index is 1.13. The molecule has 8 heteroatoms. The number of aromatic nitrogens is 1. The van der Waals surface area contributed by atoms with E-state index in [0.717, 1.165) is 50.7 Å². The van der Waals surface area contributed by atoms with Crippen LogP contribution in [0.3, 0.4) is 0 Å². The van der Waals surface area contributed by atoms with Crippen LogP contribution >= 0.6 is 0 Å². The second-order valence-electron chi connectivity index (χ2n) is 11.2. The van der Waals surface area contributed by atoms with E-state index in [1.807, 2.05) is 89.5 Å². The van der Waals surface area contributed by atoms with Crippen LogP contribution in [0.25, 0.3) is 11.1 Å². The first kappa shape index (κ1) is 28.3. The third-order valence-electron chi connectivity index (χ3n) is 8.50. The van der Waals surface area contributed by atoms with Crippen LogP contribution in [0.5, 0.6) is 17.2 Å². The minimum absolute atomic E-state index is 0.138. The first-order valence-electron chi connectivity index (χ1n) is 15.0. The number of nitrogens with zero attached hydrogens (tertiary/aromatic N) is 2. The van der Waals surface area contributed by atoms with E-state index in [-0.39, 0.29) is 18.6 Å². The highest BCUT2D eigenvalue weighted by Gasteiger charge is 2.28. The van der Waals surface area contributed by atoms with Crippen molar-refractivity contribution < 1.29 is 23.8 Å². The van der Waals surface area contributed by atoms with Crippen molar-refractivity contribution in [2.45, 2.75) is 26.4 Å². The highest BCUT2D eigenvalue weighted by Crippen LogP contribution is 2.36. The van der Waals surface area contributed by atoms with Gasteiger partial charge in [0, 0.05) is 29.1 Å². The van der Waals surface area contributed by atoms with Crippen LogP contribution in [-0.2, 0) is 19.5 Å². The maximum absolute atomic E-state index is 14.2. The van der Waals surface area contributed by atoms with Gasteiger partial charge in [-0.25, -0.2) is 0 Å². The largest absolute Gasteiger partial charge is 0.496 e. The number of amides is 2. The van der Waals surface area contributed by atoms with E-state index in [1.54, 1.807) is 12.0 Å². The lowest BCUT2D eigenvalue weighted by Crippen LogP contribution is -2.31. The molecule has 2 aliphatic rings. The van der Waals surface area contributed by atoms with Crippen molar-refractivity contribution >= 4 is 17.5 Å². The Bertz CT molecular complexity index is 1930. The number of para-hydroxylation sites is 1. The highest BCUT2D eigenvalue weighted by molar-refractivity contribution is 6.07. The lowest BCUT2D eigenvalue weighted by molar-refractivity contribution is 0.0944. The second kappa shape index (κ2) is 11.9. The molecule has 7 rings (SSSR count). The van der Waals surface area contributed by atoms with Gasteiger partial charge in [0.2, 0.25) is 6.79 Å². The van der Waals surface area contributed by atoms with Crippen LogP contribution in [0.1, 0.15) is 43.2 Å². The Morgan fingerprint density at radius 3 is 2.53 bits per heavy atom. The number of carbonyl (C=O) groups excluding carboxylic acids is 2. The summed E-state index contributed by atoms with van der Waals surface area (Å²) in [7, 11) is 1.63. The molecule has 1 N–H and O–H groups in total. The molecule has 0 radical (unpaired) electrons. The number of fused-ring (bicyclic) bond motifs is 3. The van der Waals surface area contributed by atoms with E-state index < -0.39 is 0 Å². The fraction of sp³-hybridized carbons (Fsp3) is 0.189. The van der Waals surface area contributed by atoms with E-state index in [2.05, 4.69) is 24.4 Å². The molecule has 0 saturated heterocycles. The average molecular weight is 600 g/mol. The van der Waals surface area contributed by atoms with Gasteiger partial charge in [-0.15, -0.1) is 0 Å². The monoisotopic (exact) mass is 599 g/mol. The van der Waals surface area contributed by atoms with Crippen molar-refractivity contribution in [2.75, 3.05) is 25.3 Å². The molecule has 1 aromatic heterocycles. The van der Waals surface area contributed by atoms with E-state index in [0.29, 0.717) is 43.1 Å². The molecule has 226 valence electrons. The SMILES string of the molecule is COc1cc(C(=O)N2Cc3ccc(C(=O)NCCc4ccc5c(c4)OCO5)n3Cc3ccccc32)ccc1-c1ccccc1C. The third-order valence-corrected chi connectivity index (χ3v) is 8.50. The number of methoxy groups -OCH3 is 1. The molecule has 2 aliphatic heterocycles. The maximum Gasteiger partial charge on any atom is 0.267 e. The van der Waals surface area contributed by atoms with Gasteiger partial charge in [-0.2, -0.15) is 0 Å². The first-order chi connectivity index (χ1) is 22.0. The Kier molecular flexibility index (Phi) is 7.47. The topological polar surface area (TPSA) is 82.0 Å². The van der Waals surface area contributed by atoms with Gasteiger partial charge in [0.05, 0.1) is 20.2 Å². The Hall–Kier alpha value is -5.50. The number of carbonyl (C=O) groups is 2. The summed E-state index contributed by atoms with van der Waals surface area (Å²) in [4.78, 5) is 29.3. The molecule has 0 unspecified atom stereocenters. The van der Waals surface area contributed by atoms with E-state index in [4.69, 9.17) is 14.2 Å². The van der Waals surface area contributed by atoms with Crippen molar-refractivity contribution in [1.82, 2.24) is 9.88 Å². The van der Waals surface area contributed by atoms with Gasteiger partial charge >= 0.3 is 0 Å². The number of benzene rings is 4. The lowest BCUT2D eigenvalue weighted by Gasteiger charge is -2.23. The van der Waals surface area contributed by atoms with Crippen molar-refractivity contribution in [3.05, 3.63) is 131 Å². The third kappa shape index (κ3) is 5.40. The fourth-order valence-electron chi connectivity index (χ4n) is 6.12. The molecule has 4 aromatic carbocycles. The summed E-state index contributed by atoms with van der Waals surface area (Å²) in [5, 5.41) is 3.06. The van der Waals surface area contributed by atoms with Crippen molar-refractivity contribution in [1.29, 1.82) is 0 Å². The number of rotatable bonds is 7. The number of ether oxygens (including phenoxy) is 3. The molecule has 2 amide bonds. The van der Waals surface area contributed by atoms with Gasteiger partial charge in [0.1, 0.15) is 11.4 Å². The predicted molar refractivity (Wildman–Crippen MR) is 172 cm³/mol.